The topological polar surface area (TPSA) is 88.1 Å². The highest BCUT2D eigenvalue weighted by molar-refractivity contribution is 6.01. The number of likely N-dealkylation sites (tertiary alicyclic amines) is 1. The molecular weight excluding hydrogens is 298 g/mol. The molecule has 7 heteroatoms. The molecule has 0 aliphatic carbocycles. The second-order valence-corrected chi connectivity index (χ2v) is 5.86. The van der Waals surface area contributed by atoms with E-state index in [0.717, 1.165) is 18.6 Å². The molecule has 130 valence electrons. The minimum absolute atomic E-state index is 0.127. The summed E-state index contributed by atoms with van der Waals surface area (Å²) in [6.45, 7) is 6.41. The molecule has 1 saturated heterocycles. The number of imide groups is 1. The predicted molar refractivity (Wildman–Crippen MR) is 86.8 cm³/mol. The first-order valence-electron chi connectivity index (χ1n) is 8.23. The largest absolute Gasteiger partial charge is 0.382 e. The lowest BCUT2D eigenvalue weighted by Crippen LogP contribution is -2.38. The number of carbonyl (C=O) groups excluding carboxylic acids is 3. The van der Waals surface area contributed by atoms with Gasteiger partial charge in [0.25, 0.3) is 5.91 Å². The summed E-state index contributed by atoms with van der Waals surface area (Å²) in [5, 5.41) is 6.65. The number of amides is 3. The van der Waals surface area contributed by atoms with Crippen molar-refractivity contribution in [1.29, 1.82) is 0 Å². The van der Waals surface area contributed by atoms with Crippen molar-refractivity contribution in [2.75, 3.05) is 13.1 Å². The average molecular weight is 325 g/mol. The van der Waals surface area contributed by atoms with Crippen LogP contribution in [-0.4, -0.2) is 47.5 Å². The Kier molecular flexibility index (Phi) is 8.29. The first-order valence-corrected chi connectivity index (χ1v) is 8.23. The fourth-order valence-electron chi connectivity index (χ4n) is 2.23. The van der Waals surface area contributed by atoms with Gasteiger partial charge in [0.05, 0.1) is 5.71 Å². The van der Waals surface area contributed by atoms with Crippen LogP contribution in [-0.2, 0) is 19.2 Å². The van der Waals surface area contributed by atoms with Crippen LogP contribution in [0.15, 0.2) is 5.16 Å². The molecule has 0 saturated carbocycles. The first-order chi connectivity index (χ1) is 11.0. The van der Waals surface area contributed by atoms with Crippen molar-refractivity contribution < 1.29 is 19.2 Å². The summed E-state index contributed by atoms with van der Waals surface area (Å²) in [4.78, 5) is 41.6. The van der Waals surface area contributed by atoms with Crippen molar-refractivity contribution in [3.8, 4) is 0 Å². The Morgan fingerprint density at radius 2 is 1.91 bits per heavy atom. The summed E-state index contributed by atoms with van der Waals surface area (Å²) in [6, 6.07) is 0. The van der Waals surface area contributed by atoms with E-state index < -0.39 is 6.10 Å². The minimum atomic E-state index is -0.597. The van der Waals surface area contributed by atoms with Gasteiger partial charge in [-0.05, 0) is 33.1 Å². The molecule has 7 nitrogen and oxygen atoms in total. The van der Waals surface area contributed by atoms with Crippen molar-refractivity contribution in [2.24, 2.45) is 5.16 Å². The number of nitrogens with one attached hydrogen (secondary N) is 1. The van der Waals surface area contributed by atoms with Crippen LogP contribution in [0.25, 0.3) is 0 Å². The van der Waals surface area contributed by atoms with Crippen LogP contribution in [0.1, 0.15) is 59.3 Å². The SMILES string of the molecule is CCCCC(ON=C(C)C)C(=O)NCCCN1C(=O)CCC1=O. The zero-order valence-corrected chi connectivity index (χ0v) is 14.3. The molecule has 1 N–H and O–H groups in total. The van der Waals surface area contributed by atoms with Crippen LogP contribution in [0.4, 0.5) is 0 Å². The number of unbranched alkanes of at least 4 members (excludes halogenated alkanes) is 1. The third-order valence-electron chi connectivity index (χ3n) is 3.49. The van der Waals surface area contributed by atoms with Gasteiger partial charge in [0, 0.05) is 25.9 Å². The maximum Gasteiger partial charge on any atom is 0.263 e. The second-order valence-electron chi connectivity index (χ2n) is 5.86. The summed E-state index contributed by atoms with van der Waals surface area (Å²) < 4.78 is 0. The summed E-state index contributed by atoms with van der Waals surface area (Å²) in [5.74, 6) is -0.459. The van der Waals surface area contributed by atoms with E-state index in [4.69, 9.17) is 4.84 Å². The summed E-state index contributed by atoms with van der Waals surface area (Å²) in [6.07, 6.45) is 3.01. The third kappa shape index (κ3) is 6.80. The van der Waals surface area contributed by atoms with Crippen molar-refractivity contribution in [2.45, 2.75) is 65.4 Å². The first kappa shape index (κ1) is 19.1. The molecule has 1 atom stereocenters. The van der Waals surface area contributed by atoms with E-state index in [1.165, 1.54) is 4.90 Å². The molecule has 0 bridgehead atoms. The molecule has 0 radical (unpaired) electrons. The Morgan fingerprint density at radius 1 is 1.26 bits per heavy atom. The van der Waals surface area contributed by atoms with Gasteiger partial charge in [-0.25, -0.2) is 0 Å². The highest BCUT2D eigenvalue weighted by Crippen LogP contribution is 2.11. The van der Waals surface area contributed by atoms with Gasteiger partial charge in [0.15, 0.2) is 0 Å². The predicted octanol–water partition coefficient (Wildman–Crippen LogP) is 1.61. The third-order valence-corrected chi connectivity index (χ3v) is 3.49. The molecule has 1 rings (SSSR count). The van der Waals surface area contributed by atoms with Crippen LogP contribution in [0.5, 0.6) is 0 Å². The van der Waals surface area contributed by atoms with E-state index in [0.29, 0.717) is 38.8 Å². The second kappa shape index (κ2) is 9.97. The molecule has 0 spiro atoms. The molecule has 1 unspecified atom stereocenters. The van der Waals surface area contributed by atoms with Crippen LogP contribution in [0, 0.1) is 0 Å². The van der Waals surface area contributed by atoms with Gasteiger partial charge in [-0.3, -0.25) is 19.3 Å². The fraction of sp³-hybridized carbons (Fsp3) is 0.750. The lowest BCUT2D eigenvalue weighted by atomic mass is 10.1. The van der Waals surface area contributed by atoms with E-state index in [2.05, 4.69) is 10.5 Å². The Hall–Kier alpha value is -1.92. The maximum absolute atomic E-state index is 12.1. The van der Waals surface area contributed by atoms with E-state index in [1.54, 1.807) is 13.8 Å². The molecule has 0 aromatic rings. The molecule has 0 aromatic carbocycles. The molecular formula is C16H27N3O4. The number of oxime groups is 1. The van der Waals surface area contributed by atoms with Crippen molar-refractivity contribution in [1.82, 2.24) is 10.2 Å². The van der Waals surface area contributed by atoms with Gasteiger partial charge < -0.3 is 10.2 Å². The Balaban J connectivity index is 2.34. The van der Waals surface area contributed by atoms with E-state index >= 15 is 0 Å². The van der Waals surface area contributed by atoms with Gasteiger partial charge in [0.1, 0.15) is 0 Å². The molecule has 1 heterocycles. The standard InChI is InChI=1S/C16H27N3O4/c1-4-5-7-13(23-18-12(2)3)16(22)17-10-6-11-19-14(20)8-9-15(19)21/h13H,4-11H2,1-3H3,(H,17,22). The maximum atomic E-state index is 12.1. The zero-order chi connectivity index (χ0) is 17.2. The van der Waals surface area contributed by atoms with Crippen molar-refractivity contribution in [3.05, 3.63) is 0 Å². The molecule has 23 heavy (non-hydrogen) atoms. The lowest BCUT2D eigenvalue weighted by molar-refractivity contribution is -0.138. The average Bonchev–Trinajstić information content (AvgIpc) is 2.82. The molecule has 1 aliphatic heterocycles. The Labute approximate surface area is 137 Å². The van der Waals surface area contributed by atoms with Crippen LogP contribution in [0.3, 0.4) is 0 Å². The van der Waals surface area contributed by atoms with Crippen molar-refractivity contribution in [3.63, 3.8) is 0 Å². The van der Waals surface area contributed by atoms with Crippen molar-refractivity contribution >= 4 is 23.4 Å². The van der Waals surface area contributed by atoms with Gasteiger partial charge >= 0.3 is 0 Å². The highest BCUT2D eigenvalue weighted by Gasteiger charge is 2.28. The smallest absolute Gasteiger partial charge is 0.263 e. The van der Waals surface area contributed by atoms with E-state index in [9.17, 15) is 14.4 Å². The molecule has 1 fully saturated rings. The molecule has 0 aromatic heterocycles. The Morgan fingerprint density at radius 3 is 2.48 bits per heavy atom. The van der Waals surface area contributed by atoms with Gasteiger partial charge in [0.2, 0.25) is 17.9 Å². The van der Waals surface area contributed by atoms with Gasteiger partial charge in [-0.1, -0.05) is 18.5 Å². The highest BCUT2D eigenvalue weighted by atomic mass is 16.6. The van der Waals surface area contributed by atoms with E-state index in [-0.39, 0.29) is 17.7 Å². The lowest BCUT2D eigenvalue weighted by Gasteiger charge is -2.16. The van der Waals surface area contributed by atoms with Gasteiger partial charge in [-0.2, -0.15) is 0 Å². The zero-order valence-electron chi connectivity index (χ0n) is 14.3. The number of rotatable bonds is 10. The Bertz CT molecular complexity index is 442. The number of hydrogen-bond acceptors (Lipinski definition) is 5. The summed E-state index contributed by atoms with van der Waals surface area (Å²) in [5.41, 5.74) is 0.755. The monoisotopic (exact) mass is 325 g/mol. The van der Waals surface area contributed by atoms with Gasteiger partial charge in [-0.15, -0.1) is 0 Å². The van der Waals surface area contributed by atoms with E-state index in [1.807, 2.05) is 6.92 Å². The van der Waals surface area contributed by atoms with Crippen LogP contribution in [0.2, 0.25) is 0 Å². The minimum Gasteiger partial charge on any atom is -0.382 e. The summed E-state index contributed by atoms with van der Waals surface area (Å²) >= 11 is 0. The van der Waals surface area contributed by atoms with Crippen LogP contribution < -0.4 is 5.32 Å². The number of nitrogens with zero attached hydrogens (tertiary/aromatic N) is 2. The summed E-state index contributed by atoms with van der Waals surface area (Å²) in [7, 11) is 0. The number of hydrogen-bond donors (Lipinski definition) is 1. The number of carbonyl (C=O) groups is 3. The molecule has 1 aliphatic rings. The van der Waals surface area contributed by atoms with Crippen LogP contribution >= 0.6 is 0 Å². The normalized spacial score (nSPS) is 15.5. The quantitative estimate of drug-likeness (QED) is 0.286. The fourth-order valence-corrected chi connectivity index (χ4v) is 2.23. The molecule has 3 amide bonds.